The van der Waals surface area contributed by atoms with Crippen molar-refractivity contribution in [3.05, 3.63) is 29.2 Å². The smallest absolute Gasteiger partial charge is 0.236 e. The van der Waals surface area contributed by atoms with Crippen LogP contribution in [0.2, 0.25) is 0 Å². The summed E-state index contributed by atoms with van der Waals surface area (Å²) in [5.74, 6) is 1.59. The molecule has 0 aromatic rings. The van der Waals surface area contributed by atoms with Crippen molar-refractivity contribution in [3.63, 3.8) is 0 Å². The number of hydrogen-bond donors (Lipinski definition) is 2. The lowest BCUT2D eigenvalue weighted by molar-refractivity contribution is -0.138. The zero-order valence-corrected chi connectivity index (χ0v) is 15.4. The van der Waals surface area contributed by atoms with Crippen LogP contribution in [0.1, 0.15) is 38.5 Å². The molecule has 3 aliphatic rings. The molecule has 0 bridgehead atoms. The van der Waals surface area contributed by atoms with Gasteiger partial charge in [-0.25, -0.2) is 0 Å². The molecule has 1 aliphatic heterocycles. The van der Waals surface area contributed by atoms with Gasteiger partial charge in [-0.2, -0.15) is 4.91 Å². The Hall–Kier alpha value is -1.53. The van der Waals surface area contributed by atoms with Gasteiger partial charge in [-0.05, 0) is 31.1 Å². The van der Waals surface area contributed by atoms with Crippen LogP contribution in [0.15, 0.2) is 29.5 Å². The molecule has 1 heterocycles. The summed E-state index contributed by atoms with van der Waals surface area (Å²) in [5, 5.41) is 15.1. The first kappa shape index (κ1) is 19.2. The van der Waals surface area contributed by atoms with E-state index in [9.17, 15) is 14.8 Å². The summed E-state index contributed by atoms with van der Waals surface area (Å²) in [5.41, 5.74) is 0. The van der Waals surface area contributed by atoms with Crippen LogP contribution in [-0.4, -0.2) is 54.2 Å². The van der Waals surface area contributed by atoms with Gasteiger partial charge in [-0.3, -0.25) is 4.79 Å². The van der Waals surface area contributed by atoms with E-state index < -0.39 is 6.04 Å². The molecule has 2 N–H and O–H groups in total. The molecular formula is C20H31N3O3. The monoisotopic (exact) mass is 361 g/mol. The molecule has 144 valence electrons. The van der Waals surface area contributed by atoms with E-state index in [1.54, 1.807) is 0 Å². The SMILES string of the molecule is O=NCC(CO)NCC(=O)N1CCC2C=CC=CC2C1C1CCCCC1. The summed E-state index contributed by atoms with van der Waals surface area (Å²) in [4.78, 5) is 25.5. The second kappa shape index (κ2) is 9.42. The Bertz CT molecular complexity index is 542. The van der Waals surface area contributed by atoms with Gasteiger partial charge in [0.2, 0.25) is 5.91 Å². The summed E-state index contributed by atoms with van der Waals surface area (Å²) in [7, 11) is 0. The van der Waals surface area contributed by atoms with Crippen molar-refractivity contribution in [1.29, 1.82) is 0 Å². The Morgan fingerprint density at radius 3 is 2.69 bits per heavy atom. The van der Waals surface area contributed by atoms with E-state index in [1.165, 1.54) is 32.1 Å². The van der Waals surface area contributed by atoms with Crippen molar-refractivity contribution in [1.82, 2.24) is 10.2 Å². The van der Waals surface area contributed by atoms with Crippen molar-refractivity contribution in [2.75, 3.05) is 26.2 Å². The van der Waals surface area contributed by atoms with Crippen LogP contribution in [0, 0.1) is 22.7 Å². The lowest BCUT2D eigenvalue weighted by Gasteiger charge is -2.49. The normalized spacial score (nSPS) is 30.0. The highest BCUT2D eigenvalue weighted by molar-refractivity contribution is 5.79. The summed E-state index contributed by atoms with van der Waals surface area (Å²) in [6, 6.07) is -0.180. The number of hydrogen-bond acceptors (Lipinski definition) is 5. The number of nitrogens with zero attached hydrogens (tertiary/aromatic N) is 2. The Labute approximate surface area is 155 Å². The summed E-state index contributed by atoms with van der Waals surface area (Å²) < 4.78 is 0. The number of aliphatic hydroxyl groups excluding tert-OH is 1. The third-order valence-electron chi connectivity index (χ3n) is 6.27. The van der Waals surface area contributed by atoms with Gasteiger partial charge in [0.25, 0.3) is 0 Å². The van der Waals surface area contributed by atoms with Crippen LogP contribution in [-0.2, 0) is 4.79 Å². The number of carbonyl (C=O) groups is 1. The van der Waals surface area contributed by atoms with Crippen LogP contribution in [0.5, 0.6) is 0 Å². The lowest BCUT2D eigenvalue weighted by atomic mass is 9.69. The Balaban J connectivity index is 1.70. The van der Waals surface area contributed by atoms with Gasteiger partial charge in [0.05, 0.1) is 25.7 Å². The topological polar surface area (TPSA) is 82.0 Å². The molecule has 3 rings (SSSR count). The van der Waals surface area contributed by atoms with Crippen molar-refractivity contribution in [2.24, 2.45) is 22.9 Å². The third-order valence-corrected chi connectivity index (χ3v) is 6.27. The molecular weight excluding hydrogens is 330 g/mol. The number of rotatable bonds is 7. The van der Waals surface area contributed by atoms with Crippen molar-refractivity contribution < 1.29 is 9.90 Å². The molecule has 2 aliphatic carbocycles. The molecule has 4 atom stereocenters. The maximum Gasteiger partial charge on any atom is 0.236 e. The first-order chi connectivity index (χ1) is 12.7. The molecule has 0 radical (unpaired) electrons. The first-order valence-electron chi connectivity index (χ1n) is 10.0. The van der Waals surface area contributed by atoms with E-state index in [0.29, 0.717) is 17.8 Å². The number of fused-ring (bicyclic) bond motifs is 1. The number of nitrogens with one attached hydrogen (secondary N) is 1. The number of nitroso groups, excluding NO2 is 1. The predicted octanol–water partition coefficient (Wildman–Crippen LogP) is 2.24. The van der Waals surface area contributed by atoms with Gasteiger partial charge >= 0.3 is 0 Å². The van der Waals surface area contributed by atoms with E-state index in [0.717, 1.165) is 13.0 Å². The summed E-state index contributed by atoms with van der Waals surface area (Å²) >= 11 is 0. The van der Waals surface area contributed by atoms with E-state index in [2.05, 4.69) is 39.7 Å². The number of allylic oxidation sites excluding steroid dienone is 3. The molecule has 6 heteroatoms. The van der Waals surface area contributed by atoms with E-state index in [4.69, 9.17) is 0 Å². The van der Waals surface area contributed by atoms with Crippen molar-refractivity contribution in [3.8, 4) is 0 Å². The highest BCUT2D eigenvalue weighted by Gasteiger charge is 2.42. The molecule has 1 amide bonds. The van der Waals surface area contributed by atoms with Crippen molar-refractivity contribution in [2.45, 2.75) is 50.6 Å². The van der Waals surface area contributed by atoms with Gasteiger partial charge in [-0.1, -0.05) is 48.7 Å². The number of likely N-dealkylation sites (tertiary alicyclic amines) is 1. The van der Waals surface area contributed by atoms with Gasteiger partial charge in [-0.15, -0.1) is 0 Å². The Morgan fingerprint density at radius 1 is 1.19 bits per heavy atom. The highest BCUT2D eigenvalue weighted by Crippen LogP contribution is 2.41. The fraction of sp³-hybridized carbons (Fsp3) is 0.750. The molecule has 0 aromatic heterocycles. The molecule has 26 heavy (non-hydrogen) atoms. The molecule has 6 nitrogen and oxygen atoms in total. The zero-order valence-electron chi connectivity index (χ0n) is 15.4. The van der Waals surface area contributed by atoms with Crippen LogP contribution in [0.3, 0.4) is 0 Å². The average molecular weight is 361 g/mol. The third kappa shape index (κ3) is 4.41. The summed E-state index contributed by atoms with van der Waals surface area (Å²) in [6.45, 7) is 0.731. The van der Waals surface area contributed by atoms with Crippen LogP contribution in [0.4, 0.5) is 0 Å². The molecule has 4 unspecified atom stereocenters. The fourth-order valence-electron chi connectivity index (χ4n) is 4.92. The number of piperidine rings is 1. The molecule has 1 saturated carbocycles. The second-order valence-electron chi connectivity index (χ2n) is 7.85. The van der Waals surface area contributed by atoms with Crippen LogP contribution in [0.25, 0.3) is 0 Å². The van der Waals surface area contributed by atoms with Gasteiger partial charge in [0.15, 0.2) is 0 Å². The Morgan fingerprint density at radius 2 is 1.96 bits per heavy atom. The standard InChI is InChI=1S/C20H31N3O3/c24-14-17(12-22-26)21-13-19(25)23-11-10-15-6-4-5-9-18(15)20(23)16-7-2-1-3-8-16/h4-6,9,15-18,20-21,24H,1-3,7-8,10-14H2. The fourth-order valence-corrected chi connectivity index (χ4v) is 4.92. The number of amides is 1. The molecule has 0 aromatic carbocycles. The molecule has 2 fully saturated rings. The number of carbonyl (C=O) groups excluding carboxylic acids is 1. The minimum Gasteiger partial charge on any atom is -0.395 e. The quantitative estimate of drug-likeness (QED) is 0.682. The van der Waals surface area contributed by atoms with E-state index >= 15 is 0 Å². The molecule has 0 spiro atoms. The van der Waals surface area contributed by atoms with E-state index in [1.807, 2.05) is 0 Å². The van der Waals surface area contributed by atoms with Crippen molar-refractivity contribution >= 4 is 5.91 Å². The van der Waals surface area contributed by atoms with E-state index in [-0.39, 0.29) is 31.6 Å². The van der Waals surface area contributed by atoms with Gasteiger partial charge < -0.3 is 15.3 Å². The average Bonchev–Trinajstić information content (AvgIpc) is 2.70. The summed E-state index contributed by atoms with van der Waals surface area (Å²) in [6.07, 6.45) is 16.1. The predicted molar refractivity (Wildman–Crippen MR) is 101 cm³/mol. The minimum atomic E-state index is -0.445. The minimum absolute atomic E-state index is 0.0198. The molecule has 1 saturated heterocycles. The second-order valence-corrected chi connectivity index (χ2v) is 7.85. The highest BCUT2D eigenvalue weighted by atomic mass is 16.3. The zero-order chi connectivity index (χ0) is 18.4. The maximum atomic E-state index is 13.0. The number of aliphatic hydroxyl groups is 1. The van der Waals surface area contributed by atoms with Gasteiger partial charge in [0, 0.05) is 18.5 Å². The maximum absolute atomic E-state index is 13.0. The lowest BCUT2D eigenvalue weighted by Crippen LogP contribution is -2.57. The largest absolute Gasteiger partial charge is 0.395 e. The van der Waals surface area contributed by atoms with Crippen LogP contribution < -0.4 is 5.32 Å². The van der Waals surface area contributed by atoms with Crippen LogP contribution >= 0.6 is 0 Å². The van der Waals surface area contributed by atoms with Gasteiger partial charge in [0.1, 0.15) is 0 Å². The first-order valence-corrected chi connectivity index (χ1v) is 10.0. The Kier molecular flexibility index (Phi) is 6.97.